The van der Waals surface area contributed by atoms with Crippen molar-refractivity contribution < 1.29 is 0 Å². The summed E-state index contributed by atoms with van der Waals surface area (Å²) < 4.78 is 1.70. The van der Waals surface area contributed by atoms with Gasteiger partial charge in [0.1, 0.15) is 0 Å². The maximum absolute atomic E-state index is 9.47. The van der Waals surface area contributed by atoms with Gasteiger partial charge in [-0.1, -0.05) is 19.1 Å². The summed E-state index contributed by atoms with van der Waals surface area (Å²) in [5.74, 6) is 0. The van der Waals surface area contributed by atoms with Gasteiger partial charge in [0.25, 0.3) is 0 Å². The van der Waals surface area contributed by atoms with Crippen LogP contribution in [0.5, 0.6) is 0 Å². The fourth-order valence-electron chi connectivity index (χ4n) is 2.56. The molecule has 1 saturated carbocycles. The van der Waals surface area contributed by atoms with Crippen LogP contribution in [-0.4, -0.2) is 15.0 Å². The molecule has 0 radical (unpaired) electrons. The Balaban J connectivity index is 2.09. The third kappa shape index (κ3) is 2.66. The first-order chi connectivity index (χ1) is 7.95. The van der Waals surface area contributed by atoms with E-state index in [1.54, 1.807) is 4.68 Å². The Hall–Kier alpha value is -1.37. The molecule has 0 saturated heterocycles. The molecule has 0 amide bonds. The highest BCUT2D eigenvalue weighted by atomic mass is 15.4. The fraction of sp³-hybridized carbons (Fsp3) is 0.769. The highest BCUT2D eigenvalue weighted by Crippen LogP contribution is 2.46. The Bertz CT molecular complexity index is 429. The predicted molar refractivity (Wildman–Crippen MR) is 65.0 cm³/mol. The Morgan fingerprint density at radius 2 is 2.00 bits per heavy atom. The molecular weight excluding hydrogens is 212 g/mol. The summed E-state index contributed by atoms with van der Waals surface area (Å²) in [6.45, 7) is 4.58. The van der Waals surface area contributed by atoms with Crippen molar-refractivity contribution in [2.75, 3.05) is 0 Å². The number of hydrogen-bond donors (Lipinski definition) is 0. The minimum atomic E-state index is -0.217. The van der Waals surface area contributed by atoms with Gasteiger partial charge in [0, 0.05) is 19.7 Å². The van der Waals surface area contributed by atoms with Crippen molar-refractivity contribution in [3.05, 3.63) is 11.9 Å². The maximum atomic E-state index is 9.47. The number of hydrogen-bond acceptors (Lipinski definition) is 3. The van der Waals surface area contributed by atoms with Crippen LogP contribution in [0.1, 0.15) is 45.2 Å². The number of rotatable bonds is 2. The molecule has 0 atom stereocenters. The molecule has 1 fully saturated rings. The molecular formula is C13H20N4. The summed E-state index contributed by atoms with van der Waals surface area (Å²) in [6, 6.07) is 2.54. The largest absolute Gasteiger partial charge is 0.255 e. The molecule has 92 valence electrons. The molecule has 1 aliphatic carbocycles. The molecule has 2 rings (SSSR count). The van der Waals surface area contributed by atoms with Crippen molar-refractivity contribution in [3.63, 3.8) is 0 Å². The normalized spacial score (nSPS) is 22.0. The second-order valence-electron chi connectivity index (χ2n) is 6.12. The quantitative estimate of drug-likeness (QED) is 0.787. The summed E-state index contributed by atoms with van der Waals surface area (Å²) in [5, 5.41) is 17.5. The molecule has 17 heavy (non-hydrogen) atoms. The first kappa shape index (κ1) is 12.1. The van der Waals surface area contributed by atoms with E-state index in [-0.39, 0.29) is 5.41 Å². The lowest BCUT2D eigenvalue weighted by atomic mass is 9.64. The summed E-state index contributed by atoms with van der Waals surface area (Å²) in [5.41, 5.74) is 1.11. The van der Waals surface area contributed by atoms with Gasteiger partial charge >= 0.3 is 0 Å². The lowest BCUT2D eigenvalue weighted by Gasteiger charge is -2.39. The zero-order chi connectivity index (χ0) is 12.5. The molecule has 0 spiro atoms. The van der Waals surface area contributed by atoms with Crippen LogP contribution in [0.3, 0.4) is 0 Å². The SMILES string of the molecule is Cn1cc(CC2(C#N)CCC(C)(C)CC2)nn1. The summed E-state index contributed by atoms with van der Waals surface area (Å²) in [6.07, 6.45) is 6.87. The van der Waals surface area contributed by atoms with Gasteiger partial charge in [-0.3, -0.25) is 4.68 Å². The van der Waals surface area contributed by atoms with Crippen LogP contribution < -0.4 is 0 Å². The van der Waals surface area contributed by atoms with Gasteiger partial charge in [-0.05, 0) is 31.1 Å². The third-order valence-electron chi connectivity index (χ3n) is 3.97. The standard InChI is InChI=1S/C13H20N4/c1-12(2)4-6-13(10-14,7-5-12)8-11-9-17(3)16-15-11/h9H,4-8H2,1-3H3. The summed E-state index contributed by atoms with van der Waals surface area (Å²) in [4.78, 5) is 0. The molecule has 1 aromatic rings. The van der Waals surface area contributed by atoms with E-state index in [1.807, 2.05) is 13.2 Å². The Kier molecular flexibility index (Phi) is 2.94. The number of aromatic nitrogens is 3. The number of aryl methyl sites for hydroxylation is 1. The van der Waals surface area contributed by atoms with E-state index in [0.29, 0.717) is 5.41 Å². The average molecular weight is 232 g/mol. The minimum absolute atomic E-state index is 0.217. The van der Waals surface area contributed by atoms with Gasteiger partial charge in [-0.2, -0.15) is 5.26 Å². The van der Waals surface area contributed by atoms with E-state index in [9.17, 15) is 5.26 Å². The van der Waals surface area contributed by atoms with E-state index in [4.69, 9.17) is 0 Å². The first-order valence-electron chi connectivity index (χ1n) is 6.21. The van der Waals surface area contributed by atoms with Gasteiger partial charge in [-0.25, -0.2) is 0 Å². The van der Waals surface area contributed by atoms with Crippen LogP contribution in [0.4, 0.5) is 0 Å². The first-order valence-corrected chi connectivity index (χ1v) is 6.21. The zero-order valence-corrected chi connectivity index (χ0v) is 10.9. The Morgan fingerprint density at radius 3 is 2.47 bits per heavy atom. The average Bonchev–Trinajstić information content (AvgIpc) is 2.68. The maximum Gasteiger partial charge on any atom is 0.0842 e. The second-order valence-corrected chi connectivity index (χ2v) is 6.12. The van der Waals surface area contributed by atoms with Crippen molar-refractivity contribution in [1.29, 1.82) is 5.26 Å². The molecule has 4 nitrogen and oxygen atoms in total. The molecule has 1 aliphatic rings. The molecule has 0 aliphatic heterocycles. The van der Waals surface area contributed by atoms with Crippen LogP contribution >= 0.6 is 0 Å². The van der Waals surface area contributed by atoms with Crippen LogP contribution in [0.25, 0.3) is 0 Å². The monoisotopic (exact) mass is 232 g/mol. The van der Waals surface area contributed by atoms with E-state index in [0.717, 1.165) is 37.8 Å². The van der Waals surface area contributed by atoms with Crippen molar-refractivity contribution in [3.8, 4) is 6.07 Å². The van der Waals surface area contributed by atoms with E-state index in [1.165, 1.54) is 0 Å². The van der Waals surface area contributed by atoms with E-state index in [2.05, 4.69) is 30.2 Å². The van der Waals surface area contributed by atoms with Crippen molar-refractivity contribution in [2.45, 2.75) is 46.0 Å². The topological polar surface area (TPSA) is 54.5 Å². The molecule has 0 unspecified atom stereocenters. The van der Waals surface area contributed by atoms with E-state index >= 15 is 0 Å². The Labute approximate surface area is 103 Å². The van der Waals surface area contributed by atoms with Crippen LogP contribution in [-0.2, 0) is 13.5 Å². The van der Waals surface area contributed by atoms with E-state index < -0.39 is 0 Å². The molecule has 1 heterocycles. The fourth-order valence-corrected chi connectivity index (χ4v) is 2.56. The number of nitrogens with zero attached hydrogens (tertiary/aromatic N) is 4. The van der Waals surface area contributed by atoms with Gasteiger partial charge in [0.05, 0.1) is 17.2 Å². The molecule has 0 N–H and O–H groups in total. The van der Waals surface area contributed by atoms with Crippen LogP contribution in [0.2, 0.25) is 0 Å². The van der Waals surface area contributed by atoms with Crippen molar-refractivity contribution >= 4 is 0 Å². The highest BCUT2D eigenvalue weighted by Gasteiger charge is 2.39. The van der Waals surface area contributed by atoms with Gasteiger partial charge in [0.2, 0.25) is 0 Å². The minimum Gasteiger partial charge on any atom is -0.255 e. The second kappa shape index (κ2) is 4.14. The van der Waals surface area contributed by atoms with Gasteiger partial charge in [0.15, 0.2) is 0 Å². The Morgan fingerprint density at radius 1 is 1.35 bits per heavy atom. The number of nitriles is 1. The van der Waals surface area contributed by atoms with Crippen LogP contribution in [0, 0.1) is 22.2 Å². The molecule has 0 bridgehead atoms. The van der Waals surface area contributed by atoms with Crippen LogP contribution in [0.15, 0.2) is 6.20 Å². The predicted octanol–water partition coefficient (Wildman–Crippen LogP) is 2.47. The lowest BCUT2D eigenvalue weighted by Crippen LogP contribution is -2.32. The molecule has 0 aromatic carbocycles. The smallest absolute Gasteiger partial charge is 0.0842 e. The van der Waals surface area contributed by atoms with Crippen molar-refractivity contribution in [1.82, 2.24) is 15.0 Å². The summed E-state index contributed by atoms with van der Waals surface area (Å²) in [7, 11) is 1.86. The third-order valence-corrected chi connectivity index (χ3v) is 3.97. The lowest BCUT2D eigenvalue weighted by molar-refractivity contribution is 0.145. The van der Waals surface area contributed by atoms with Gasteiger partial charge < -0.3 is 0 Å². The highest BCUT2D eigenvalue weighted by molar-refractivity contribution is 5.10. The molecule has 4 heteroatoms. The van der Waals surface area contributed by atoms with Crippen molar-refractivity contribution in [2.24, 2.45) is 17.9 Å². The molecule has 1 aromatic heterocycles. The zero-order valence-electron chi connectivity index (χ0n) is 10.9. The van der Waals surface area contributed by atoms with Gasteiger partial charge in [-0.15, -0.1) is 5.10 Å². The summed E-state index contributed by atoms with van der Waals surface area (Å²) >= 11 is 0.